The number of hydrogen-bond acceptors (Lipinski definition) is 1. The smallest absolute Gasteiger partial charge is 0.0886 e. The summed E-state index contributed by atoms with van der Waals surface area (Å²) in [6.45, 7) is 5.29. The van der Waals surface area contributed by atoms with E-state index in [1.54, 1.807) is 0 Å². The van der Waals surface area contributed by atoms with Crippen molar-refractivity contribution in [2.45, 2.75) is 104 Å². The van der Waals surface area contributed by atoms with E-state index in [1.807, 2.05) is 37.5 Å². The van der Waals surface area contributed by atoms with Crippen LogP contribution >= 0.6 is 0 Å². The van der Waals surface area contributed by atoms with Crippen LogP contribution in [0.2, 0.25) is 0 Å². The van der Waals surface area contributed by atoms with Gasteiger partial charge in [-0.25, -0.2) is 0 Å². The van der Waals surface area contributed by atoms with Gasteiger partial charge in [0.05, 0.1) is 6.34 Å². The van der Waals surface area contributed by atoms with Crippen molar-refractivity contribution in [1.82, 2.24) is 4.90 Å². The van der Waals surface area contributed by atoms with Gasteiger partial charge in [0, 0.05) is 19.8 Å². The SMILES string of the molecule is C/C=C\N(C)C=NCCCCCCCCCCCCCCCC. The molecular formula is C21H42N2. The van der Waals surface area contributed by atoms with Crippen LogP contribution in [0.15, 0.2) is 17.3 Å². The number of rotatable bonds is 17. The van der Waals surface area contributed by atoms with Crippen molar-refractivity contribution in [3.8, 4) is 0 Å². The van der Waals surface area contributed by atoms with Gasteiger partial charge >= 0.3 is 0 Å². The molecule has 0 aliphatic carbocycles. The molecular weight excluding hydrogens is 280 g/mol. The lowest BCUT2D eigenvalue weighted by atomic mass is 10.0. The topological polar surface area (TPSA) is 15.6 Å². The molecule has 136 valence electrons. The molecule has 0 aliphatic rings. The molecule has 0 aromatic heterocycles. The molecule has 0 unspecified atom stereocenters. The molecule has 0 aromatic carbocycles. The van der Waals surface area contributed by atoms with Gasteiger partial charge in [0.25, 0.3) is 0 Å². The molecule has 0 atom stereocenters. The third-order valence-corrected chi connectivity index (χ3v) is 4.29. The van der Waals surface area contributed by atoms with Crippen molar-refractivity contribution in [2.24, 2.45) is 4.99 Å². The predicted molar refractivity (Wildman–Crippen MR) is 106 cm³/mol. The van der Waals surface area contributed by atoms with E-state index in [0.717, 1.165) is 6.54 Å². The summed E-state index contributed by atoms with van der Waals surface area (Å²) in [4.78, 5) is 6.44. The van der Waals surface area contributed by atoms with Gasteiger partial charge < -0.3 is 4.90 Å². The fourth-order valence-corrected chi connectivity index (χ4v) is 2.86. The number of allylic oxidation sites excluding steroid dienone is 1. The van der Waals surface area contributed by atoms with E-state index in [1.165, 1.54) is 89.9 Å². The van der Waals surface area contributed by atoms with E-state index in [4.69, 9.17) is 0 Å². The quantitative estimate of drug-likeness (QED) is 0.160. The van der Waals surface area contributed by atoms with Gasteiger partial charge in [0.15, 0.2) is 0 Å². The summed E-state index contributed by atoms with van der Waals surface area (Å²) in [5, 5.41) is 0. The normalized spacial score (nSPS) is 11.8. The van der Waals surface area contributed by atoms with Crippen LogP contribution in [-0.2, 0) is 0 Å². The molecule has 2 nitrogen and oxygen atoms in total. The third-order valence-electron chi connectivity index (χ3n) is 4.29. The fourth-order valence-electron chi connectivity index (χ4n) is 2.86. The fraction of sp³-hybridized carbons (Fsp3) is 0.857. The summed E-state index contributed by atoms with van der Waals surface area (Å²) >= 11 is 0. The molecule has 0 aliphatic heterocycles. The van der Waals surface area contributed by atoms with Gasteiger partial charge in [0.1, 0.15) is 0 Å². The molecule has 0 aromatic rings. The lowest BCUT2D eigenvalue weighted by molar-refractivity contribution is 0.536. The van der Waals surface area contributed by atoms with E-state index in [2.05, 4.69) is 11.9 Å². The largest absolute Gasteiger partial charge is 0.343 e. The molecule has 23 heavy (non-hydrogen) atoms. The van der Waals surface area contributed by atoms with Crippen LogP contribution in [0.25, 0.3) is 0 Å². The van der Waals surface area contributed by atoms with Gasteiger partial charge in [-0.2, -0.15) is 0 Å². The van der Waals surface area contributed by atoms with Gasteiger partial charge in [-0.1, -0.05) is 96.5 Å². The Morgan fingerprint density at radius 1 is 0.696 bits per heavy atom. The second kappa shape index (κ2) is 19.3. The Balaban J connectivity index is 3.10. The summed E-state index contributed by atoms with van der Waals surface area (Å²) < 4.78 is 0. The van der Waals surface area contributed by atoms with Gasteiger partial charge in [-0.15, -0.1) is 0 Å². The Kier molecular flexibility index (Phi) is 18.6. The minimum atomic E-state index is 0.972. The van der Waals surface area contributed by atoms with Crippen molar-refractivity contribution < 1.29 is 0 Å². The number of hydrogen-bond donors (Lipinski definition) is 0. The molecule has 0 fully saturated rings. The van der Waals surface area contributed by atoms with E-state index >= 15 is 0 Å². The van der Waals surface area contributed by atoms with Crippen LogP contribution in [0.4, 0.5) is 0 Å². The minimum absolute atomic E-state index is 0.972. The van der Waals surface area contributed by atoms with Crippen molar-refractivity contribution in [3.05, 3.63) is 12.3 Å². The van der Waals surface area contributed by atoms with Crippen LogP contribution in [0.5, 0.6) is 0 Å². The van der Waals surface area contributed by atoms with Crippen LogP contribution < -0.4 is 0 Å². The third kappa shape index (κ3) is 19.2. The lowest BCUT2D eigenvalue weighted by Gasteiger charge is -2.05. The second-order valence-corrected chi connectivity index (χ2v) is 6.77. The standard InChI is InChI=1S/C21H42N2/c1-4-6-7-8-9-10-11-12-13-14-15-16-17-18-19-22-21-23(3)20-5-2/h5,20-21H,4,6-19H2,1-3H3/b20-5-,22-21?. The van der Waals surface area contributed by atoms with Gasteiger partial charge in [0.2, 0.25) is 0 Å². The van der Waals surface area contributed by atoms with Crippen LogP contribution in [0, 0.1) is 0 Å². The number of unbranched alkanes of at least 4 members (excludes halogenated alkanes) is 13. The Hall–Kier alpha value is -0.790. The molecule has 0 N–H and O–H groups in total. The molecule has 0 heterocycles. The first kappa shape index (κ1) is 22.2. The Morgan fingerprint density at radius 2 is 1.13 bits per heavy atom. The van der Waals surface area contributed by atoms with Crippen molar-refractivity contribution in [2.75, 3.05) is 13.6 Å². The summed E-state index contributed by atoms with van der Waals surface area (Å²) in [7, 11) is 2.02. The number of aliphatic imine (C=N–C) groups is 1. The second-order valence-electron chi connectivity index (χ2n) is 6.77. The van der Waals surface area contributed by atoms with Gasteiger partial charge in [-0.05, 0) is 13.3 Å². The van der Waals surface area contributed by atoms with Gasteiger partial charge in [-0.3, -0.25) is 4.99 Å². The first-order valence-electron chi connectivity index (χ1n) is 10.2. The average molecular weight is 323 g/mol. The molecule has 0 spiro atoms. The zero-order chi connectivity index (χ0) is 17.0. The highest BCUT2D eigenvalue weighted by Gasteiger charge is 1.93. The highest BCUT2D eigenvalue weighted by Crippen LogP contribution is 2.12. The zero-order valence-corrected chi connectivity index (χ0v) is 16.2. The average Bonchev–Trinajstić information content (AvgIpc) is 2.54. The highest BCUT2D eigenvalue weighted by atomic mass is 15.1. The van der Waals surface area contributed by atoms with Crippen LogP contribution in [0.3, 0.4) is 0 Å². The van der Waals surface area contributed by atoms with Crippen molar-refractivity contribution in [3.63, 3.8) is 0 Å². The van der Waals surface area contributed by atoms with Crippen LogP contribution in [-0.4, -0.2) is 24.8 Å². The monoisotopic (exact) mass is 322 g/mol. The Morgan fingerprint density at radius 3 is 1.57 bits per heavy atom. The lowest BCUT2D eigenvalue weighted by Crippen LogP contribution is -2.07. The maximum absolute atomic E-state index is 4.43. The highest BCUT2D eigenvalue weighted by molar-refractivity contribution is 5.55. The maximum Gasteiger partial charge on any atom is 0.0886 e. The summed E-state index contributed by atoms with van der Waals surface area (Å²) in [6.07, 6.45) is 25.8. The Labute approximate surface area is 146 Å². The van der Waals surface area contributed by atoms with Crippen molar-refractivity contribution >= 4 is 6.34 Å². The first-order valence-corrected chi connectivity index (χ1v) is 10.2. The summed E-state index contributed by atoms with van der Waals surface area (Å²) in [6, 6.07) is 0. The van der Waals surface area contributed by atoms with Crippen LogP contribution in [0.1, 0.15) is 104 Å². The van der Waals surface area contributed by atoms with E-state index in [-0.39, 0.29) is 0 Å². The first-order chi connectivity index (χ1) is 11.3. The molecule has 0 saturated heterocycles. The molecule has 0 radical (unpaired) electrons. The minimum Gasteiger partial charge on any atom is -0.343 e. The number of nitrogens with zero attached hydrogens (tertiary/aromatic N) is 2. The molecule has 2 heteroatoms. The Bertz CT molecular complexity index is 271. The summed E-state index contributed by atoms with van der Waals surface area (Å²) in [5.74, 6) is 0. The molecule has 0 rings (SSSR count). The molecule has 0 saturated carbocycles. The van der Waals surface area contributed by atoms with E-state index in [0.29, 0.717) is 0 Å². The predicted octanol–water partition coefficient (Wildman–Crippen LogP) is 6.96. The van der Waals surface area contributed by atoms with E-state index in [9.17, 15) is 0 Å². The molecule has 0 amide bonds. The molecule has 0 bridgehead atoms. The summed E-state index contributed by atoms with van der Waals surface area (Å²) in [5.41, 5.74) is 0. The van der Waals surface area contributed by atoms with Crippen molar-refractivity contribution in [1.29, 1.82) is 0 Å². The maximum atomic E-state index is 4.43. The zero-order valence-electron chi connectivity index (χ0n) is 16.2. The van der Waals surface area contributed by atoms with E-state index < -0.39 is 0 Å².